The number of aromatic nitrogens is 1. The summed E-state index contributed by atoms with van der Waals surface area (Å²) in [5, 5.41) is 5.50. The van der Waals surface area contributed by atoms with Gasteiger partial charge in [0.05, 0.1) is 12.1 Å². The van der Waals surface area contributed by atoms with Crippen LogP contribution >= 0.6 is 0 Å². The van der Waals surface area contributed by atoms with Gasteiger partial charge in [0.2, 0.25) is 5.91 Å². The largest absolute Gasteiger partial charge is 0.323 e. The van der Waals surface area contributed by atoms with Gasteiger partial charge in [-0.1, -0.05) is 30.3 Å². The third-order valence-corrected chi connectivity index (χ3v) is 5.04. The Labute approximate surface area is 180 Å². The van der Waals surface area contributed by atoms with Crippen LogP contribution in [-0.4, -0.2) is 27.9 Å². The molecular weight excluding hydrogens is 395 g/mol. The third-order valence-electron chi connectivity index (χ3n) is 5.04. The summed E-state index contributed by atoms with van der Waals surface area (Å²) in [7, 11) is 0. The van der Waals surface area contributed by atoms with Gasteiger partial charge in [0, 0.05) is 30.7 Å². The van der Waals surface area contributed by atoms with Crippen molar-refractivity contribution in [2.45, 2.75) is 31.8 Å². The molecule has 0 radical (unpaired) electrons. The maximum absolute atomic E-state index is 13.7. The van der Waals surface area contributed by atoms with Crippen LogP contribution in [0.5, 0.6) is 0 Å². The number of carbonyl (C=O) groups excluding carboxylic acids is 2. The topological polar surface area (TPSA) is 74.3 Å². The normalized spacial score (nSPS) is 12.8. The van der Waals surface area contributed by atoms with Crippen LogP contribution in [0.15, 0.2) is 73.1 Å². The van der Waals surface area contributed by atoms with E-state index < -0.39 is 5.82 Å². The van der Waals surface area contributed by atoms with Crippen molar-refractivity contribution >= 4 is 23.3 Å². The molecule has 0 unspecified atom stereocenters. The van der Waals surface area contributed by atoms with Gasteiger partial charge in [0.25, 0.3) is 0 Å². The standard InChI is InChI=1S/C24H23FN4O2/c25-21-5-1-2-6-22(21)28-23(30)14-17-7-9-19(10-8-17)27-24(31)29(20-11-12-20)16-18-4-3-13-26-15-18/h1-10,13,15,20H,11-12,14,16H2,(H,27,31)(H,28,30). The molecule has 3 aromatic rings. The molecule has 1 aliphatic rings. The molecule has 0 aliphatic heterocycles. The van der Waals surface area contributed by atoms with E-state index in [0.717, 1.165) is 24.0 Å². The summed E-state index contributed by atoms with van der Waals surface area (Å²) >= 11 is 0. The predicted molar refractivity (Wildman–Crippen MR) is 117 cm³/mol. The average molecular weight is 418 g/mol. The number of halogens is 1. The molecule has 1 aliphatic carbocycles. The molecule has 4 rings (SSSR count). The molecule has 3 amide bonds. The van der Waals surface area contributed by atoms with Crippen LogP contribution in [0, 0.1) is 5.82 Å². The number of rotatable bonds is 7. The molecule has 0 bridgehead atoms. The van der Waals surface area contributed by atoms with Crippen molar-refractivity contribution in [1.82, 2.24) is 9.88 Å². The fourth-order valence-electron chi connectivity index (χ4n) is 3.28. The zero-order valence-electron chi connectivity index (χ0n) is 16.9. The van der Waals surface area contributed by atoms with Gasteiger partial charge in [-0.25, -0.2) is 9.18 Å². The Morgan fingerprint density at radius 3 is 2.42 bits per heavy atom. The zero-order chi connectivity index (χ0) is 21.6. The molecule has 2 aromatic carbocycles. The van der Waals surface area contributed by atoms with Crippen LogP contribution in [0.3, 0.4) is 0 Å². The van der Waals surface area contributed by atoms with E-state index in [1.165, 1.54) is 12.1 Å². The van der Waals surface area contributed by atoms with E-state index in [9.17, 15) is 14.0 Å². The summed E-state index contributed by atoms with van der Waals surface area (Å²) in [6, 6.07) is 17.0. The van der Waals surface area contributed by atoms with Crippen LogP contribution in [-0.2, 0) is 17.8 Å². The Hall–Kier alpha value is -3.74. The lowest BCUT2D eigenvalue weighted by Crippen LogP contribution is -2.36. The van der Waals surface area contributed by atoms with E-state index in [0.29, 0.717) is 12.2 Å². The summed E-state index contributed by atoms with van der Waals surface area (Å²) in [5.74, 6) is -0.779. The van der Waals surface area contributed by atoms with Crippen molar-refractivity contribution in [3.8, 4) is 0 Å². The van der Waals surface area contributed by atoms with Crippen molar-refractivity contribution < 1.29 is 14.0 Å². The molecule has 31 heavy (non-hydrogen) atoms. The van der Waals surface area contributed by atoms with E-state index in [-0.39, 0.29) is 30.1 Å². The molecule has 0 spiro atoms. The highest BCUT2D eigenvalue weighted by Gasteiger charge is 2.32. The summed E-state index contributed by atoms with van der Waals surface area (Å²) in [4.78, 5) is 30.9. The molecule has 2 N–H and O–H groups in total. The van der Waals surface area contributed by atoms with Gasteiger partial charge in [0.1, 0.15) is 5.82 Å². The van der Waals surface area contributed by atoms with Gasteiger partial charge in [-0.15, -0.1) is 0 Å². The summed E-state index contributed by atoms with van der Waals surface area (Å²) in [6.07, 6.45) is 5.60. The van der Waals surface area contributed by atoms with Gasteiger partial charge in [-0.3, -0.25) is 9.78 Å². The average Bonchev–Trinajstić information content (AvgIpc) is 3.61. The monoisotopic (exact) mass is 418 g/mol. The number of hydrogen-bond donors (Lipinski definition) is 2. The molecule has 6 nitrogen and oxygen atoms in total. The Bertz CT molecular complexity index is 1050. The predicted octanol–water partition coefficient (Wildman–Crippen LogP) is 4.60. The lowest BCUT2D eigenvalue weighted by molar-refractivity contribution is -0.115. The van der Waals surface area contributed by atoms with Gasteiger partial charge in [0.15, 0.2) is 0 Å². The van der Waals surface area contributed by atoms with Crippen molar-refractivity contribution in [3.63, 3.8) is 0 Å². The first kappa shape index (κ1) is 20.5. The van der Waals surface area contributed by atoms with Crippen LogP contribution in [0.2, 0.25) is 0 Å². The third kappa shape index (κ3) is 5.66. The fraction of sp³-hybridized carbons (Fsp3) is 0.208. The maximum Gasteiger partial charge on any atom is 0.322 e. The number of urea groups is 1. The number of amides is 3. The molecule has 0 saturated heterocycles. The lowest BCUT2D eigenvalue weighted by atomic mass is 10.1. The molecule has 0 atom stereocenters. The first-order valence-corrected chi connectivity index (χ1v) is 10.2. The van der Waals surface area contributed by atoms with Gasteiger partial charge >= 0.3 is 6.03 Å². The van der Waals surface area contributed by atoms with E-state index in [1.54, 1.807) is 48.8 Å². The SMILES string of the molecule is O=C(Cc1ccc(NC(=O)N(Cc2cccnc2)C2CC2)cc1)Nc1ccccc1F. The first-order chi connectivity index (χ1) is 15.1. The van der Waals surface area contributed by atoms with Crippen molar-refractivity contribution in [2.75, 3.05) is 10.6 Å². The number of pyridine rings is 1. The Morgan fingerprint density at radius 2 is 1.74 bits per heavy atom. The minimum Gasteiger partial charge on any atom is -0.323 e. The highest BCUT2D eigenvalue weighted by Crippen LogP contribution is 2.29. The molecular formula is C24H23FN4O2. The number of nitrogens with one attached hydrogen (secondary N) is 2. The zero-order valence-corrected chi connectivity index (χ0v) is 16.9. The minimum absolute atomic E-state index is 0.109. The maximum atomic E-state index is 13.7. The van der Waals surface area contributed by atoms with Crippen LogP contribution in [0.4, 0.5) is 20.6 Å². The van der Waals surface area contributed by atoms with E-state index in [4.69, 9.17) is 0 Å². The quantitative estimate of drug-likeness (QED) is 0.589. The van der Waals surface area contributed by atoms with E-state index in [2.05, 4.69) is 15.6 Å². The fourth-order valence-corrected chi connectivity index (χ4v) is 3.28. The smallest absolute Gasteiger partial charge is 0.322 e. The Morgan fingerprint density at radius 1 is 0.968 bits per heavy atom. The molecule has 1 saturated carbocycles. The van der Waals surface area contributed by atoms with Crippen molar-refractivity contribution in [1.29, 1.82) is 0 Å². The molecule has 158 valence electrons. The number of hydrogen-bond acceptors (Lipinski definition) is 3. The molecule has 1 aromatic heterocycles. The van der Waals surface area contributed by atoms with Gasteiger partial charge in [-0.2, -0.15) is 0 Å². The summed E-state index contributed by atoms with van der Waals surface area (Å²) in [6.45, 7) is 0.513. The first-order valence-electron chi connectivity index (χ1n) is 10.2. The van der Waals surface area contributed by atoms with Crippen LogP contribution in [0.25, 0.3) is 0 Å². The minimum atomic E-state index is -0.472. The molecule has 7 heteroatoms. The number of benzene rings is 2. The Kier molecular flexibility index (Phi) is 6.21. The molecule has 1 heterocycles. The van der Waals surface area contributed by atoms with Crippen molar-refractivity contribution in [3.05, 3.63) is 90.0 Å². The number of anilines is 2. The number of carbonyl (C=O) groups is 2. The lowest BCUT2D eigenvalue weighted by Gasteiger charge is -2.23. The highest BCUT2D eigenvalue weighted by molar-refractivity contribution is 5.93. The summed E-state index contributed by atoms with van der Waals surface area (Å²) < 4.78 is 13.7. The number of para-hydroxylation sites is 1. The Balaban J connectivity index is 1.33. The van der Waals surface area contributed by atoms with E-state index in [1.807, 2.05) is 17.0 Å². The summed E-state index contributed by atoms with van der Waals surface area (Å²) in [5.41, 5.74) is 2.56. The second kappa shape index (κ2) is 9.38. The second-order valence-corrected chi connectivity index (χ2v) is 7.55. The van der Waals surface area contributed by atoms with E-state index >= 15 is 0 Å². The van der Waals surface area contributed by atoms with Crippen LogP contribution < -0.4 is 10.6 Å². The highest BCUT2D eigenvalue weighted by atomic mass is 19.1. The number of nitrogens with zero attached hydrogens (tertiary/aromatic N) is 2. The van der Waals surface area contributed by atoms with Crippen LogP contribution in [0.1, 0.15) is 24.0 Å². The molecule has 1 fully saturated rings. The van der Waals surface area contributed by atoms with Gasteiger partial charge in [-0.05, 0) is 54.3 Å². The second-order valence-electron chi connectivity index (χ2n) is 7.55. The van der Waals surface area contributed by atoms with Gasteiger partial charge < -0.3 is 15.5 Å². The van der Waals surface area contributed by atoms with Crippen molar-refractivity contribution in [2.24, 2.45) is 0 Å².